The summed E-state index contributed by atoms with van der Waals surface area (Å²) in [4.78, 5) is 1.09. The van der Waals surface area contributed by atoms with Crippen LogP contribution < -0.4 is 10.1 Å². The molecule has 0 saturated heterocycles. The first-order chi connectivity index (χ1) is 11.5. The Kier molecular flexibility index (Phi) is 5.36. The van der Waals surface area contributed by atoms with E-state index in [1.54, 1.807) is 30.0 Å². The average molecular weight is 353 g/mol. The van der Waals surface area contributed by atoms with Gasteiger partial charge in [-0.1, -0.05) is 12.1 Å². The first-order valence-electron chi connectivity index (χ1n) is 7.76. The fourth-order valence-electron chi connectivity index (χ4n) is 2.90. The Morgan fingerprint density at radius 3 is 2.83 bits per heavy atom. The van der Waals surface area contributed by atoms with E-state index in [1.807, 2.05) is 19.1 Å². The standard InChI is InChI=1S/C18H18F3NOS/c1-11(12-3-2-4-14(9-12)23-18(20)21)22-16-7-8-24-17-6-5-13(19)10-15(16)17/h2-6,9-11,16,18,22H,7-8H2,1H3. The number of alkyl halides is 2. The molecule has 0 aromatic heterocycles. The number of hydrogen-bond acceptors (Lipinski definition) is 3. The number of rotatable bonds is 5. The lowest BCUT2D eigenvalue weighted by Gasteiger charge is -2.29. The highest BCUT2D eigenvalue weighted by atomic mass is 32.2. The monoisotopic (exact) mass is 353 g/mol. The Bertz CT molecular complexity index is 710. The Morgan fingerprint density at radius 1 is 1.21 bits per heavy atom. The minimum atomic E-state index is -2.84. The average Bonchev–Trinajstić information content (AvgIpc) is 2.55. The van der Waals surface area contributed by atoms with Crippen LogP contribution in [0.5, 0.6) is 5.75 Å². The molecule has 0 radical (unpaired) electrons. The van der Waals surface area contributed by atoms with Gasteiger partial charge in [-0.15, -0.1) is 11.8 Å². The summed E-state index contributed by atoms with van der Waals surface area (Å²) in [6.07, 6.45) is 0.888. The third kappa shape index (κ3) is 4.05. The Hall–Kier alpha value is -1.66. The van der Waals surface area contributed by atoms with Gasteiger partial charge in [0, 0.05) is 17.0 Å². The molecule has 6 heteroatoms. The summed E-state index contributed by atoms with van der Waals surface area (Å²) >= 11 is 1.72. The van der Waals surface area contributed by atoms with Gasteiger partial charge < -0.3 is 10.1 Å². The third-order valence-electron chi connectivity index (χ3n) is 4.05. The van der Waals surface area contributed by atoms with E-state index in [-0.39, 0.29) is 23.7 Å². The number of nitrogens with one attached hydrogen (secondary N) is 1. The summed E-state index contributed by atoms with van der Waals surface area (Å²) in [6.45, 7) is -0.879. The summed E-state index contributed by atoms with van der Waals surface area (Å²) in [7, 11) is 0. The van der Waals surface area contributed by atoms with Crippen molar-refractivity contribution < 1.29 is 17.9 Å². The zero-order chi connectivity index (χ0) is 17.1. The van der Waals surface area contributed by atoms with Gasteiger partial charge in [-0.2, -0.15) is 8.78 Å². The van der Waals surface area contributed by atoms with Crippen LogP contribution >= 0.6 is 11.8 Å². The lowest BCUT2D eigenvalue weighted by atomic mass is 10.0. The number of fused-ring (bicyclic) bond motifs is 1. The molecule has 1 N–H and O–H groups in total. The molecule has 0 amide bonds. The molecule has 3 rings (SSSR count). The fraction of sp³-hybridized carbons (Fsp3) is 0.333. The van der Waals surface area contributed by atoms with Crippen molar-refractivity contribution in [1.29, 1.82) is 0 Å². The highest BCUT2D eigenvalue weighted by Gasteiger charge is 2.23. The van der Waals surface area contributed by atoms with Crippen LogP contribution in [0.3, 0.4) is 0 Å². The van der Waals surface area contributed by atoms with E-state index in [0.717, 1.165) is 28.2 Å². The maximum atomic E-state index is 13.6. The van der Waals surface area contributed by atoms with Gasteiger partial charge in [0.25, 0.3) is 0 Å². The second-order valence-corrected chi connectivity index (χ2v) is 6.85. The zero-order valence-electron chi connectivity index (χ0n) is 13.1. The molecular formula is C18H18F3NOS. The van der Waals surface area contributed by atoms with E-state index in [0.29, 0.717) is 0 Å². The van der Waals surface area contributed by atoms with Crippen molar-refractivity contribution in [2.75, 3.05) is 5.75 Å². The largest absolute Gasteiger partial charge is 0.435 e. The molecule has 1 aliphatic heterocycles. The van der Waals surface area contributed by atoms with Gasteiger partial charge in [0.05, 0.1) is 0 Å². The van der Waals surface area contributed by atoms with Crippen molar-refractivity contribution in [2.24, 2.45) is 0 Å². The highest BCUT2D eigenvalue weighted by Crippen LogP contribution is 2.37. The molecule has 0 aliphatic carbocycles. The molecule has 2 nitrogen and oxygen atoms in total. The Morgan fingerprint density at radius 2 is 2.04 bits per heavy atom. The maximum Gasteiger partial charge on any atom is 0.387 e. The van der Waals surface area contributed by atoms with Crippen LogP contribution in [-0.2, 0) is 0 Å². The van der Waals surface area contributed by atoms with Gasteiger partial charge in [0.15, 0.2) is 0 Å². The topological polar surface area (TPSA) is 21.3 Å². The predicted molar refractivity (Wildman–Crippen MR) is 89.1 cm³/mol. The van der Waals surface area contributed by atoms with E-state index < -0.39 is 6.61 Å². The first-order valence-corrected chi connectivity index (χ1v) is 8.74. The Labute approximate surface area is 143 Å². The SMILES string of the molecule is CC(NC1CCSc2ccc(F)cc21)c1cccc(OC(F)F)c1. The van der Waals surface area contributed by atoms with E-state index in [9.17, 15) is 13.2 Å². The lowest BCUT2D eigenvalue weighted by Crippen LogP contribution is -2.27. The molecule has 128 valence electrons. The second-order valence-electron chi connectivity index (χ2n) is 5.71. The first kappa shape index (κ1) is 17.2. The Balaban J connectivity index is 1.76. The number of ether oxygens (including phenoxy) is 1. The van der Waals surface area contributed by atoms with Crippen molar-refractivity contribution in [3.05, 3.63) is 59.4 Å². The van der Waals surface area contributed by atoms with Crippen LogP contribution in [0.1, 0.15) is 36.6 Å². The maximum absolute atomic E-state index is 13.6. The second kappa shape index (κ2) is 7.49. The molecule has 0 fully saturated rings. The lowest BCUT2D eigenvalue weighted by molar-refractivity contribution is -0.0499. The normalized spacial score (nSPS) is 18.3. The van der Waals surface area contributed by atoms with Crippen LogP contribution in [0.4, 0.5) is 13.2 Å². The molecule has 0 spiro atoms. The van der Waals surface area contributed by atoms with Crippen molar-refractivity contribution >= 4 is 11.8 Å². The number of hydrogen-bond donors (Lipinski definition) is 1. The van der Waals surface area contributed by atoms with Gasteiger partial charge in [0.1, 0.15) is 11.6 Å². The van der Waals surface area contributed by atoms with E-state index >= 15 is 0 Å². The summed E-state index contributed by atoms with van der Waals surface area (Å²) in [5.41, 5.74) is 1.81. The minimum Gasteiger partial charge on any atom is -0.435 e. The fourth-order valence-corrected chi connectivity index (χ4v) is 4.00. The molecule has 2 atom stereocenters. The smallest absolute Gasteiger partial charge is 0.387 e. The van der Waals surface area contributed by atoms with Crippen LogP contribution in [-0.4, -0.2) is 12.4 Å². The molecule has 2 unspecified atom stereocenters. The van der Waals surface area contributed by atoms with E-state index in [1.165, 1.54) is 12.1 Å². The van der Waals surface area contributed by atoms with Gasteiger partial charge in [-0.05, 0) is 60.6 Å². The molecule has 2 aromatic carbocycles. The van der Waals surface area contributed by atoms with Crippen molar-refractivity contribution in [3.63, 3.8) is 0 Å². The summed E-state index contributed by atoms with van der Waals surface area (Å²) in [6, 6.07) is 11.5. The molecule has 1 heterocycles. The summed E-state index contributed by atoms with van der Waals surface area (Å²) in [5, 5.41) is 3.48. The third-order valence-corrected chi connectivity index (χ3v) is 5.17. The van der Waals surface area contributed by atoms with Gasteiger partial charge in [0.2, 0.25) is 0 Å². The number of benzene rings is 2. The van der Waals surface area contributed by atoms with E-state index in [2.05, 4.69) is 10.1 Å². The van der Waals surface area contributed by atoms with Crippen LogP contribution in [0.25, 0.3) is 0 Å². The van der Waals surface area contributed by atoms with Crippen molar-refractivity contribution in [3.8, 4) is 5.75 Å². The molecule has 24 heavy (non-hydrogen) atoms. The minimum absolute atomic E-state index is 0.0339. The number of halogens is 3. The predicted octanol–water partition coefficient (Wildman–Crippen LogP) is 5.31. The van der Waals surface area contributed by atoms with Crippen LogP contribution in [0.2, 0.25) is 0 Å². The molecule has 0 saturated carbocycles. The van der Waals surface area contributed by atoms with Crippen LogP contribution in [0, 0.1) is 5.82 Å². The molecule has 1 aliphatic rings. The molecule has 2 aromatic rings. The van der Waals surface area contributed by atoms with Gasteiger partial charge in [-0.25, -0.2) is 4.39 Å². The summed E-state index contributed by atoms with van der Waals surface area (Å²) in [5.74, 6) is 0.849. The quantitative estimate of drug-likeness (QED) is 0.787. The van der Waals surface area contributed by atoms with Gasteiger partial charge >= 0.3 is 6.61 Å². The molecular weight excluding hydrogens is 335 g/mol. The zero-order valence-corrected chi connectivity index (χ0v) is 14.0. The summed E-state index contributed by atoms with van der Waals surface area (Å²) < 4.78 is 42.7. The van der Waals surface area contributed by atoms with Crippen LogP contribution in [0.15, 0.2) is 47.4 Å². The van der Waals surface area contributed by atoms with Gasteiger partial charge in [-0.3, -0.25) is 0 Å². The highest BCUT2D eigenvalue weighted by molar-refractivity contribution is 7.99. The van der Waals surface area contributed by atoms with Crippen molar-refractivity contribution in [1.82, 2.24) is 5.32 Å². The van der Waals surface area contributed by atoms with E-state index in [4.69, 9.17) is 0 Å². The van der Waals surface area contributed by atoms with Crippen molar-refractivity contribution in [2.45, 2.75) is 36.9 Å². The number of thioether (sulfide) groups is 1. The molecule has 0 bridgehead atoms.